The molecular weight excluding hydrogens is 206 g/mol. The van der Waals surface area contributed by atoms with Crippen molar-refractivity contribution < 1.29 is 9.90 Å². The number of β-amino-alcohol motifs (C(OH)–C–C–N with tert-alkyl or cyclic N) is 1. The Labute approximate surface area is 97.2 Å². The van der Waals surface area contributed by atoms with Gasteiger partial charge in [-0.2, -0.15) is 0 Å². The van der Waals surface area contributed by atoms with Crippen LogP contribution in [-0.2, 0) is 4.79 Å². The van der Waals surface area contributed by atoms with Crippen LogP contribution < -0.4 is 10.6 Å². The molecule has 2 unspecified atom stereocenters. The molecule has 1 rings (SSSR count). The Morgan fingerprint density at radius 3 is 2.81 bits per heavy atom. The van der Waals surface area contributed by atoms with Crippen molar-refractivity contribution >= 4 is 5.91 Å². The molecule has 0 aromatic carbocycles. The molecule has 0 spiro atoms. The number of aliphatic hydroxyl groups excluding tert-OH is 1. The van der Waals surface area contributed by atoms with E-state index in [1.54, 1.807) is 0 Å². The number of aliphatic hydroxyl groups is 1. The standard InChI is InChI=1S/C11H23N3O2/c1-14(2)6-4-3-5-12-11(16)10-7-9(15)8-13-10/h9-10,13,15H,3-8H2,1-2H3,(H,12,16). The predicted molar refractivity (Wildman–Crippen MR) is 63.2 cm³/mol. The maximum absolute atomic E-state index is 11.6. The summed E-state index contributed by atoms with van der Waals surface area (Å²) in [7, 11) is 4.09. The van der Waals surface area contributed by atoms with Gasteiger partial charge in [0, 0.05) is 13.1 Å². The molecule has 94 valence electrons. The first-order valence-electron chi connectivity index (χ1n) is 5.93. The zero-order chi connectivity index (χ0) is 12.0. The maximum atomic E-state index is 11.6. The van der Waals surface area contributed by atoms with Crippen LogP contribution in [0.3, 0.4) is 0 Å². The van der Waals surface area contributed by atoms with Crippen molar-refractivity contribution in [1.29, 1.82) is 0 Å². The number of carbonyl (C=O) groups is 1. The van der Waals surface area contributed by atoms with E-state index in [2.05, 4.69) is 15.5 Å². The number of carbonyl (C=O) groups excluding carboxylic acids is 1. The molecule has 1 heterocycles. The van der Waals surface area contributed by atoms with Crippen LogP contribution in [0.15, 0.2) is 0 Å². The van der Waals surface area contributed by atoms with Gasteiger partial charge in [-0.15, -0.1) is 0 Å². The normalized spacial score (nSPS) is 25.0. The van der Waals surface area contributed by atoms with E-state index in [9.17, 15) is 9.90 Å². The number of nitrogens with one attached hydrogen (secondary N) is 2. The van der Waals surface area contributed by atoms with Gasteiger partial charge in [0.2, 0.25) is 5.91 Å². The van der Waals surface area contributed by atoms with Crippen LogP contribution in [0.4, 0.5) is 0 Å². The predicted octanol–water partition coefficient (Wildman–Crippen LogP) is -0.833. The van der Waals surface area contributed by atoms with Crippen molar-refractivity contribution in [1.82, 2.24) is 15.5 Å². The van der Waals surface area contributed by atoms with E-state index < -0.39 is 0 Å². The summed E-state index contributed by atoms with van der Waals surface area (Å²) in [6, 6.07) is -0.205. The van der Waals surface area contributed by atoms with Crippen LogP contribution in [0.5, 0.6) is 0 Å². The van der Waals surface area contributed by atoms with Crippen molar-refractivity contribution in [2.45, 2.75) is 31.4 Å². The Morgan fingerprint density at radius 2 is 2.25 bits per heavy atom. The SMILES string of the molecule is CN(C)CCCCNC(=O)C1CC(O)CN1. The molecule has 1 amide bonds. The zero-order valence-electron chi connectivity index (χ0n) is 10.2. The number of nitrogens with zero attached hydrogens (tertiary/aromatic N) is 1. The second kappa shape index (κ2) is 6.83. The molecule has 1 aliphatic rings. The molecule has 16 heavy (non-hydrogen) atoms. The highest BCUT2D eigenvalue weighted by Gasteiger charge is 2.27. The van der Waals surface area contributed by atoms with E-state index in [1.807, 2.05) is 14.1 Å². The number of amides is 1. The van der Waals surface area contributed by atoms with E-state index in [0.29, 0.717) is 13.0 Å². The van der Waals surface area contributed by atoms with Crippen LogP contribution in [0.2, 0.25) is 0 Å². The van der Waals surface area contributed by atoms with Gasteiger partial charge in [0.15, 0.2) is 0 Å². The second-order valence-electron chi connectivity index (χ2n) is 4.65. The molecule has 0 bridgehead atoms. The van der Waals surface area contributed by atoms with Gasteiger partial charge < -0.3 is 20.6 Å². The molecule has 2 atom stereocenters. The topological polar surface area (TPSA) is 64.6 Å². The summed E-state index contributed by atoms with van der Waals surface area (Å²) in [5.74, 6) is 0.0152. The lowest BCUT2D eigenvalue weighted by Crippen LogP contribution is -2.40. The number of hydrogen-bond donors (Lipinski definition) is 3. The first kappa shape index (κ1) is 13.4. The van der Waals surface area contributed by atoms with Crippen LogP contribution in [0.1, 0.15) is 19.3 Å². The van der Waals surface area contributed by atoms with Crippen molar-refractivity contribution in [2.24, 2.45) is 0 Å². The van der Waals surface area contributed by atoms with Gasteiger partial charge in [-0.3, -0.25) is 4.79 Å². The highest BCUT2D eigenvalue weighted by molar-refractivity contribution is 5.82. The van der Waals surface area contributed by atoms with Gasteiger partial charge in [0.1, 0.15) is 0 Å². The fourth-order valence-corrected chi connectivity index (χ4v) is 1.80. The average Bonchev–Trinajstić information content (AvgIpc) is 2.63. The first-order chi connectivity index (χ1) is 7.59. The van der Waals surface area contributed by atoms with Gasteiger partial charge in [-0.05, 0) is 39.9 Å². The summed E-state index contributed by atoms with van der Waals surface area (Å²) in [4.78, 5) is 13.7. The molecule has 1 saturated heterocycles. The molecule has 1 fully saturated rings. The van der Waals surface area contributed by atoms with Crippen LogP contribution >= 0.6 is 0 Å². The van der Waals surface area contributed by atoms with E-state index in [0.717, 1.165) is 25.9 Å². The Kier molecular flexibility index (Phi) is 5.73. The third-order valence-corrected chi connectivity index (χ3v) is 2.76. The third-order valence-electron chi connectivity index (χ3n) is 2.76. The van der Waals surface area contributed by atoms with Crippen molar-refractivity contribution in [3.05, 3.63) is 0 Å². The lowest BCUT2D eigenvalue weighted by molar-refractivity contribution is -0.122. The van der Waals surface area contributed by atoms with E-state index in [1.165, 1.54) is 0 Å². The summed E-state index contributed by atoms with van der Waals surface area (Å²) in [6.07, 6.45) is 2.25. The molecule has 0 aliphatic carbocycles. The van der Waals surface area contributed by atoms with Crippen molar-refractivity contribution in [3.8, 4) is 0 Å². The number of rotatable bonds is 6. The Bertz CT molecular complexity index is 221. The molecule has 5 nitrogen and oxygen atoms in total. The van der Waals surface area contributed by atoms with Gasteiger partial charge >= 0.3 is 0 Å². The molecule has 0 saturated carbocycles. The third kappa shape index (κ3) is 4.92. The first-order valence-corrected chi connectivity index (χ1v) is 5.93. The molecule has 0 aromatic heterocycles. The summed E-state index contributed by atoms with van der Waals surface area (Å²) in [5, 5.41) is 15.2. The van der Waals surface area contributed by atoms with Gasteiger partial charge in [0.25, 0.3) is 0 Å². The Balaban J connectivity index is 2.02. The van der Waals surface area contributed by atoms with E-state index in [-0.39, 0.29) is 18.1 Å². The largest absolute Gasteiger partial charge is 0.392 e. The highest BCUT2D eigenvalue weighted by Crippen LogP contribution is 2.05. The van der Waals surface area contributed by atoms with Crippen LogP contribution in [0, 0.1) is 0 Å². The lowest BCUT2D eigenvalue weighted by Gasteiger charge is -2.12. The molecule has 0 radical (unpaired) electrons. The average molecular weight is 229 g/mol. The quantitative estimate of drug-likeness (QED) is 0.520. The summed E-state index contributed by atoms with van der Waals surface area (Å²) in [6.45, 7) is 2.30. The fourth-order valence-electron chi connectivity index (χ4n) is 1.80. The maximum Gasteiger partial charge on any atom is 0.237 e. The second-order valence-corrected chi connectivity index (χ2v) is 4.65. The van der Waals surface area contributed by atoms with Crippen LogP contribution in [0.25, 0.3) is 0 Å². The number of unbranched alkanes of at least 4 members (excludes halogenated alkanes) is 1. The van der Waals surface area contributed by atoms with E-state index in [4.69, 9.17) is 0 Å². The minimum atomic E-state index is -0.371. The van der Waals surface area contributed by atoms with Gasteiger partial charge in [-0.25, -0.2) is 0 Å². The molecule has 3 N–H and O–H groups in total. The Morgan fingerprint density at radius 1 is 1.50 bits per heavy atom. The van der Waals surface area contributed by atoms with E-state index >= 15 is 0 Å². The molecule has 0 aromatic rings. The minimum absolute atomic E-state index is 0.0152. The van der Waals surface area contributed by atoms with Crippen molar-refractivity contribution in [3.63, 3.8) is 0 Å². The lowest BCUT2D eigenvalue weighted by atomic mass is 10.2. The number of hydrogen-bond acceptors (Lipinski definition) is 4. The fraction of sp³-hybridized carbons (Fsp3) is 0.909. The highest BCUT2D eigenvalue weighted by atomic mass is 16.3. The summed E-state index contributed by atoms with van der Waals surface area (Å²) >= 11 is 0. The monoisotopic (exact) mass is 229 g/mol. The van der Waals surface area contributed by atoms with Gasteiger partial charge in [0.05, 0.1) is 12.1 Å². The smallest absolute Gasteiger partial charge is 0.237 e. The Hall–Kier alpha value is -0.650. The summed E-state index contributed by atoms with van der Waals surface area (Å²) in [5.41, 5.74) is 0. The molecular formula is C11H23N3O2. The van der Waals surface area contributed by atoms with Gasteiger partial charge in [-0.1, -0.05) is 0 Å². The van der Waals surface area contributed by atoms with Crippen LogP contribution in [-0.4, -0.2) is 61.8 Å². The molecule has 1 aliphatic heterocycles. The van der Waals surface area contributed by atoms with Crippen molar-refractivity contribution in [2.75, 3.05) is 33.7 Å². The summed E-state index contributed by atoms with van der Waals surface area (Å²) < 4.78 is 0. The molecule has 5 heteroatoms. The minimum Gasteiger partial charge on any atom is -0.392 e. The zero-order valence-corrected chi connectivity index (χ0v) is 10.2.